The van der Waals surface area contributed by atoms with Crippen LogP contribution < -0.4 is 52.6 Å². The Bertz CT molecular complexity index is 5330. The maximum Gasteiger partial charge on any atom is 0.407 e. The van der Waals surface area contributed by atoms with Gasteiger partial charge in [-0.25, -0.2) is 14.0 Å². The van der Waals surface area contributed by atoms with Gasteiger partial charge in [-0.2, -0.15) is 0 Å². The Hall–Kier alpha value is -13.0. The molecule has 698 valence electrons. The first-order valence-corrected chi connectivity index (χ1v) is 44.6. The van der Waals surface area contributed by atoms with Crippen LogP contribution in [0.4, 0.5) is 14.0 Å². The molecular formula is C98H120FN13O19. The molecule has 33 heteroatoms. The van der Waals surface area contributed by atoms with E-state index in [1.165, 1.54) is 38.2 Å². The lowest BCUT2D eigenvalue weighted by Gasteiger charge is -2.37. The van der Waals surface area contributed by atoms with Gasteiger partial charge in [-0.05, 0) is 187 Å². The second kappa shape index (κ2) is 43.6. The van der Waals surface area contributed by atoms with Crippen LogP contribution in [-0.4, -0.2) is 228 Å². The number of amides is 12. The zero-order valence-corrected chi connectivity index (χ0v) is 76.1. The number of nitrogens with one attached hydrogen (secondary N) is 9. The van der Waals surface area contributed by atoms with E-state index in [0.29, 0.717) is 71.1 Å². The van der Waals surface area contributed by atoms with Crippen molar-refractivity contribution in [3.8, 4) is 16.9 Å². The van der Waals surface area contributed by atoms with Crippen LogP contribution in [0.25, 0.3) is 22.0 Å². The molecule has 0 unspecified atom stereocenters. The average molecular weight is 1800 g/mol. The maximum absolute atomic E-state index is 16.6. The fourth-order valence-electron chi connectivity index (χ4n) is 17.4. The average Bonchev–Trinajstić information content (AvgIpc) is 1.60. The van der Waals surface area contributed by atoms with Crippen LogP contribution in [0.2, 0.25) is 0 Å². The fraction of sp³-hybridized carbons (Fsp3) is 0.459. The minimum absolute atomic E-state index is 0.0984. The fourth-order valence-corrected chi connectivity index (χ4v) is 17.4. The minimum Gasteiger partial charge on any atom is -0.497 e. The van der Waals surface area contributed by atoms with E-state index in [1.54, 1.807) is 121 Å². The van der Waals surface area contributed by atoms with Gasteiger partial charge in [0.05, 0.1) is 45.0 Å². The van der Waals surface area contributed by atoms with Crippen molar-refractivity contribution in [3.05, 3.63) is 208 Å². The lowest BCUT2D eigenvalue weighted by atomic mass is 9.95. The topological polar surface area (TPSA) is 400 Å². The Kier molecular flexibility index (Phi) is 32.3. The molecule has 10 bridgehead atoms. The van der Waals surface area contributed by atoms with Crippen molar-refractivity contribution in [2.75, 3.05) is 60.2 Å². The van der Waals surface area contributed by atoms with Crippen LogP contribution >= 0.6 is 0 Å². The van der Waals surface area contributed by atoms with Gasteiger partial charge in [0, 0.05) is 94.5 Å². The van der Waals surface area contributed by atoms with Crippen molar-refractivity contribution in [2.24, 2.45) is 0 Å². The summed E-state index contributed by atoms with van der Waals surface area (Å²) in [6, 6.07) is 29.2. The zero-order valence-electron chi connectivity index (χ0n) is 76.1. The minimum atomic E-state index is -1.77. The molecule has 10 atom stereocenters. The van der Waals surface area contributed by atoms with E-state index in [4.69, 9.17) is 28.4 Å². The van der Waals surface area contributed by atoms with Crippen molar-refractivity contribution in [2.45, 2.75) is 230 Å². The summed E-state index contributed by atoms with van der Waals surface area (Å²) in [4.78, 5) is 197. The molecule has 6 aliphatic rings. The monoisotopic (exact) mass is 1800 g/mol. The summed E-state index contributed by atoms with van der Waals surface area (Å²) in [5.41, 5.74) is 4.36. The first kappa shape index (κ1) is 97.0. The molecule has 12 amide bonds. The third-order valence-corrected chi connectivity index (χ3v) is 24.1. The van der Waals surface area contributed by atoms with E-state index in [9.17, 15) is 33.6 Å². The number of halogens is 1. The van der Waals surface area contributed by atoms with Crippen LogP contribution in [0.3, 0.4) is 0 Å². The lowest BCUT2D eigenvalue weighted by molar-refractivity contribution is -0.149. The Morgan fingerprint density at radius 2 is 1.39 bits per heavy atom. The zero-order chi connectivity index (χ0) is 94.0. The summed E-state index contributed by atoms with van der Waals surface area (Å²) in [6.45, 7) is 13.8. The summed E-state index contributed by atoms with van der Waals surface area (Å²) in [7, 11) is 2.75. The maximum atomic E-state index is 16.6. The number of aromatic nitrogens is 1. The van der Waals surface area contributed by atoms with E-state index in [0.717, 1.165) is 38.3 Å². The van der Waals surface area contributed by atoms with Gasteiger partial charge in [0.1, 0.15) is 78.2 Å². The van der Waals surface area contributed by atoms with Crippen molar-refractivity contribution in [1.29, 1.82) is 0 Å². The molecule has 5 aliphatic heterocycles. The predicted molar refractivity (Wildman–Crippen MR) is 484 cm³/mol. The molecule has 1 aromatic heterocycles. The number of nitrogens with zero attached hydrogens (tertiary/aromatic N) is 4. The number of rotatable bonds is 17. The van der Waals surface area contributed by atoms with Crippen LogP contribution in [-0.2, 0) is 122 Å². The van der Waals surface area contributed by atoms with Crippen LogP contribution in [0.15, 0.2) is 158 Å². The second-order valence-corrected chi connectivity index (χ2v) is 36.1. The summed E-state index contributed by atoms with van der Waals surface area (Å²) >= 11 is 0. The van der Waals surface area contributed by atoms with Gasteiger partial charge in [0.25, 0.3) is 0 Å². The molecule has 9 N–H and O–H groups in total. The van der Waals surface area contributed by atoms with Gasteiger partial charge in [0.2, 0.25) is 59.1 Å². The highest BCUT2D eigenvalue weighted by molar-refractivity contribution is 6.00. The molecule has 0 radical (unpaired) electrons. The highest BCUT2D eigenvalue weighted by atomic mass is 19.1. The summed E-state index contributed by atoms with van der Waals surface area (Å²) in [5, 5.41) is 25.5. The third-order valence-electron chi connectivity index (χ3n) is 24.1. The molecule has 0 spiro atoms. The van der Waals surface area contributed by atoms with E-state index in [-0.39, 0.29) is 96.2 Å². The lowest BCUT2D eigenvalue weighted by Crippen LogP contribution is -2.64. The number of hydrogen-bond donors (Lipinski definition) is 9. The van der Waals surface area contributed by atoms with Crippen LogP contribution in [0.1, 0.15) is 158 Å². The molecule has 1 aliphatic carbocycles. The smallest absolute Gasteiger partial charge is 0.407 e. The van der Waals surface area contributed by atoms with Gasteiger partial charge < -0.3 is 95.5 Å². The third kappa shape index (κ3) is 25.6. The normalized spacial score (nSPS) is 21.6. The molecule has 2 saturated heterocycles. The molecule has 32 nitrogen and oxygen atoms in total. The van der Waals surface area contributed by atoms with Gasteiger partial charge in [-0.3, -0.25) is 52.7 Å². The summed E-state index contributed by atoms with van der Waals surface area (Å²) < 4.78 is 52.5. The van der Waals surface area contributed by atoms with Gasteiger partial charge in [-0.1, -0.05) is 121 Å². The number of hydrogen-bond acceptors (Lipinski definition) is 19. The van der Waals surface area contributed by atoms with Gasteiger partial charge >= 0.3 is 18.2 Å². The number of carbonyl (C=O) groups excluding carboxylic acids is 13. The number of methoxy groups -OCH3 is 2. The van der Waals surface area contributed by atoms with E-state index in [2.05, 4.69) is 47.9 Å². The van der Waals surface area contributed by atoms with Gasteiger partial charge in [-0.15, -0.1) is 0 Å². The summed E-state index contributed by atoms with van der Waals surface area (Å²) in [5.74, 6) is -8.89. The van der Waals surface area contributed by atoms with Gasteiger partial charge in [0.15, 0.2) is 0 Å². The van der Waals surface area contributed by atoms with E-state index in [1.807, 2.05) is 89.5 Å². The Labute approximate surface area is 761 Å². The number of fused-ring (bicyclic) bond motifs is 23. The first-order chi connectivity index (χ1) is 62.5. The number of carbonyl (C=O) groups is 13. The molecule has 7 aromatic rings. The second-order valence-electron chi connectivity index (χ2n) is 36.1. The molecule has 131 heavy (non-hydrogen) atoms. The first-order valence-electron chi connectivity index (χ1n) is 44.6. The molecule has 2 fully saturated rings. The van der Waals surface area contributed by atoms with Crippen molar-refractivity contribution in [3.63, 3.8) is 0 Å². The molecule has 6 heterocycles. The van der Waals surface area contributed by atoms with Crippen molar-refractivity contribution >= 4 is 88.1 Å². The predicted octanol–water partition coefficient (Wildman–Crippen LogP) is 7.88. The van der Waals surface area contributed by atoms with Crippen LogP contribution in [0.5, 0.6) is 5.75 Å². The molecule has 0 saturated carbocycles. The molecule has 13 rings (SSSR count). The summed E-state index contributed by atoms with van der Waals surface area (Å²) in [6.07, 6.45) is 1.70. The Morgan fingerprint density at radius 3 is 2.09 bits per heavy atom. The highest BCUT2D eigenvalue weighted by Gasteiger charge is 2.50. The largest absolute Gasteiger partial charge is 0.497 e. The van der Waals surface area contributed by atoms with Crippen molar-refractivity contribution in [1.82, 2.24) is 67.1 Å². The highest BCUT2D eigenvalue weighted by Crippen LogP contribution is 2.45. The van der Waals surface area contributed by atoms with Crippen LogP contribution in [0, 0.1) is 5.82 Å². The number of benzene rings is 6. The van der Waals surface area contributed by atoms with E-state index < -0.39 is 168 Å². The number of ether oxygens (including phenoxy) is 6. The standard InChI is InChI=1S/C98H120FN13O19/c1-59(103-95(125)129-57-74-71-26-16-14-24-69(71)70-25-15-17-27-72(70)74)86(116)107-78(54-102-94(124)131-97(6,7)8)88(118)104-75-50-64-22-20-23-65(48-64)53-101-81(113)58-128-80-41-47-111-85(80)90(120)108-84(60(2)130-96(3,4)5)89(119)106-76(49-62-32-35-68(126-10)36-33-62)92(122)112-46-21-42-98(112,9)93(123)100-43-40-61-28-30-63(31-29-61)55-110(82(114)38-39-83(115)127-11)45-19-13-12-18-44-109-56-66(51-77(91(111)121)105-87(75)117)73-52-67(99)34-37-79(73)109/h12,14-18,20,22-37,48,52,56,59-60,74-78,80,84-85H,13,19,21,38-47,49-51,53-55,57-58H2,1-11H3,(H,100,123)(H,101,113)(H,102,124)(H,103,125)(H,104,118)(H,105,117)(H,106,119)(H,107,116)(H,108,120)/b18-12+/t59-,60+,75-,76-,77-,78+,80-,84-,85-,98-/m0/s1. The number of alkyl carbamates (subject to hydrolysis) is 2. The van der Waals surface area contributed by atoms with E-state index >= 15 is 33.2 Å². The quantitative estimate of drug-likeness (QED) is 0.0238. The SMILES string of the molecule is COC(=O)CCC(=O)N1CCC/C=C/Cn2cc(c3cc(F)ccc32)C[C@@H]2NC(=O)[C@@H](NC(=O)[C@@H](CNC(=O)OC(C)(C)C)NC(=O)[C@H](C)NC(=O)OCC3c4ccccc4-c4ccccc43)Cc3cccc(c3)CNC(=O)CO[C@H]3CCN(C2=O)[C@@H]3C(=O)N[C@@H]([C@@H](C)OC(C)(C)C)C(=O)N[C@@H](Cc2ccc(OC)cc2)C(=O)N2CCC[C@@]2(C)C(=O)NCCc2ccc(cc2)C1. The van der Waals surface area contributed by atoms with Crippen molar-refractivity contribution < 1.29 is 95.1 Å². The Balaban J connectivity index is 0.916. The number of allylic oxidation sites excluding steroid dienone is 2. The molecule has 6 aromatic carbocycles. The Morgan fingerprint density at radius 1 is 0.679 bits per heavy atom. The number of esters is 1. The molecular weight excluding hydrogens is 1680 g/mol.